The number of aromatic nitrogens is 1. The Morgan fingerprint density at radius 1 is 0.897 bits per heavy atom. The summed E-state index contributed by atoms with van der Waals surface area (Å²) in [6.45, 7) is 5.71. The van der Waals surface area contributed by atoms with Crippen LogP contribution in [0.25, 0.3) is 10.9 Å². The van der Waals surface area contributed by atoms with Crippen LogP contribution in [0.5, 0.6) is 0 Å². The van der Waals surface area contributed by atoms with Crippen molar-refractivity contribution in [3.8, 4) is 0 Å². The highest BCUT2D eigenvalue weighted by atomic mass is 16.5. The number of benzene rings is 2. The zero-order valence-corrected chi connectivity index (χ0v) is 16.8. The van der Waals surface area contributed by atoms with E-state index in [1.54, 1.807) is 24.3 Å². The first-order chi connectivity index (χ1) is 14.2. The molecule has 1 aromatic heterocycles. The molecule has 0 saturated heterocycles. The molecule has 0 aliphatic heterocycles. The van der Waals surface area contributed by atoms with Gasteiger partial charge in [-0.05, 0) is 18.9 Å². The molecule has 2 N–H and O–H groups in total. The molecule has 4 rings (SSSR count). The number of nitrogens with one attached hydrogen (secondary N) is 2. The van der Waals surface area contributed by atoms with Gasteiger partial charge in [-0.15, -0.1) is 0 Å². The summed E-state index contributed by atoms with van der Waals surface area (Å²) in [7, 11) is 0. The maximum atomic E-state index is 13.3. The van der Waals surface area contributed by atoms with Crippen molar-refractivity contribution in [3.63, 3.8) is 0 Å². The summed E-state index contributed by atoms with van der Waals surface area (Å²) in [5.74, 6) is 0.196. The lowest BCUT2D eigenvalue weighted by molar-refractivity contribution is 0.0980. The molecule has 0 amide bonds. The van der Waals surface area contributed by atoms with Gasteiger partial charge < -0.3 is 15.2 Å². The van der Waals surface area contributed by atoms with Gasteiger partial charge >= 0.3 is 0 Å². The Morgan fingerprint density at radius 3 is 2.17 bits per heavy atom. The van der Waals surface area contributed by atoms with Crippen LogP contribution in [0.3, 0.4) is 0 Å². The van der Waals surface area contributed by atoms with E-state index < -0.39 is 0 Å². The molecule has 0 spiro atoms. The fourth-order valence-corrected chi connectivity index (χ4v) is 3.73. The number of fused-ring (bicyclic) bond motifs is 4. The molecular weight excluding hydrogens is 366 g/mol. The first kappa shape index (κ1) is 19.2. The van der Waals surface area contributed by atoms with Crippen LogP contribution in [-0.2, 0) is 0 Å². The maximum Gasteiger partial charge on any atom is 0.232 e. The second-order valence-corrected chi connectivity index (χ2v) is 7.35. The summed E-state index contributed by atoms with van der Waals surface area (Å²) in [5, 5.41) is 11.5. The molecular formula is C23H25N3O3. The first-order valence-electron chi connectivity index (χ1n) is 10.3. The second kappa shape index (κ2) is 8.07. The van der Waals surface area contributed by atoms with E-state index in [-0.39, 0.29) is 11.6 Å². The minimum atomic E-state index is -0.187. The summed E-state index contributed by atoms with van der Waals surface area (Å²) in [5.41, 5.74) is 2.68. The van der Waals surface area contributed by atoms with Gasteiger partial charge in [0.1, 0.15) is 5.52 Å². The van der Waals surface area contributed by atoms with Crippen molar-refractivity contribution in [1.29, 1.82) is 0 Å². The molecule has 29 heavy (non-hydrogen) atoms. The predicted molar refractivity (Wildman–Crippen MR) is 114 cm³/mol. The largest absolute Gasteiger partial charge is 0.384 e. The van der Waals surface area contributed by atoms with Crippen molar-refractivity contribution in [2.24, 2.45) is 0 Å². The number of ketones is 2. The summed E-state index contributed by atoms with van der Waals surface area (Å²) in [6.07, 6.45) is 4.06. The molecule has 0 atom stereocenters. The molecule has 0 radical (unpaired) electrons. The summed E-state index contributed by atoms with van der Waals surface area (Å²) in [4.78, 5) is 26.6. The van der Waals surface area contributed by atoms with Gasteiger partial charge in [0.05, 0.1) is 16.5 Å². The fraction of sp³-hybridized carbons (Fsp3) is 0.348. The summed E-state index contributed by atoms with van der Waals surface area (Å²) < 4.78 is 5.53. The van der Waals surface area contributed by atoms with Crippen LogP contribution in [0.1, 0.15) is 71.4 Å². The van der Waals surface area contributed by atoms with E-state index in [1.165, 1.54) is 0 Å². The molecule has 1 heterocycles. The van der Waals surface area contributed by atoms with Crippen LogP contribution >= 0.6 is 0 Å². The average molecular weight is 391 g/mol. The van der Waals surface area contributed by atoms with Crippen LogP contribution in [0.2, 0.25) is 0 Å². The number of carbonyl (C=O) groups is 2. The Hall–Kier alpha value is -3.15. The highest BCUT2D eigenvalue weighted by molar-refractivity contribution is 6.33. The number of hydrogen-bond acceptors (Lipinski definition) is 6. The number of hydrogen-bond donors (Lipinski definition) is 2. The molecule has 1 aliphatic rings. The van der Waals surface area contributed by atoms with Crippen molar-refractivity contribution in [1.82, 2.24) is 5.16 Å². The molecule has 1 aliphatic carbocycles. The molecule has 0 unspecified atom stereocenters. The van der Waals surface area contributed by atoms with Gasteiger partial charge in [-0.1, -0.05) is 56.1 Å². The van der Waals surface area contributed by atoms with Crippen molar-refractivity contribution < 1.29 is 14.1 Å². The fourth-order valence-electron chi connectivity index (χ4n) is 3.73. The van der Waals surface area contributed by atoms with E-state index in [2.05, 4.69) is 29.6 Å². The molecule has 0 saturated carbocycles. The highest BCUT2D eigenvalue weighted by Gasteiger charge is 2.35. The number of anilines is 2. The maximum absolute atomic E-state index is 13.3. The smallest absolute Gasteiger partial charge is 0.232 e. The Labute approximate surface area is 169 Å². The Morgan fingerprint density at radius 2 is 1.52 bits per heavy atom. The second-order valence-electron chi connectivity index (χ2n) is 7.35. The molecule has 0 fully saturated rings. The third-order valence-electron chi connectivity index (χ3n) is 5.30. The number of carbonyl (C=O) groups excluding carboxylic acids is 2. The van der Waals surface area contributed by atoms with Crippen molar-refractivity contribution in [2.45, 2.75) is 39.5 Å². The van der Waals surface area contributed by atoms with E-state index in [4.69, 9.17) is 4.52 Å². The van der Waals surface area contributed by atoms with Gasteiger partial charge in [0.2, 0.25) is 5.88 Å². The highest BCUT2D eigenvalue weighted by Crippen LogP contribution is 2.39. The lowest BCUT2D eigenvalue weighted by atomic mass is 9.82. The Balaban J connectivity index is 1.89. The van der Waals surface area contributed by atoms with Crippen LogP contribution in [0.15, 0.2) is 34.9 Å². The molecule has 3 aromatic rings. The van der Waals surface area contributed by atoms with Crippen molar-refractivity contribution >= 4 is 34.0 Å². The van der Waals surface area contributed by atoms with Crippen LogP contribution < -0.4 is 10.6 Å². The molecule has 2 aromatic carbocycles. The lowest BCUT2D eigenvalue weighted by Crippen LogP contribution is -2.23. The average Bonchev–Trinajstić information content (AvgIpc) is 3.14. The van der Waals surface area contributed by atoms with E-state index in [0.29, 0.717) is 39.3 Å². The van der Waals surface area contributed by atoms with E-state index in [0.717, 1.165) is 44.2 Å². The van der Waals surface area contributed by atoms with Gasteiger partial charge in [0.25, 0.3) is 0 Å². The lowest BCUT2D eigenvalue weighted by Gasteiger charge is -2.21. The van der Waals surface area contributed by atoms with E-state index in [9.17, 15) is 9.59 Å². The zero-order valence-electron chi connectivity index (χ0n) is 16.8. The van der Waals surface area contributed by atoms with Gasteiger partial charge in [0.15, 0.2) is 11.6 Å². The predicted octanol–water partition coefficient (Wildman–Crippen LogP) is 5.03. The van der Waals surface area contributed by atoms with Crippen LogP contribution in [0, 0.1) is 0 Å². The standard InChI is InChI=1S/C23H25N3O3/c1-3-5-11-24-17-13-16-20(26-29-23(16)25-12-6-4-2)19-18(17)21(27)14-9-7-8-10-15(14)22(19)28/h7-10,13,24-25H,3-6,11-12H2,1-2H3. The topological polar surface area (TPSA) is 84.2 Å². The monoisotopic (exact) mass is 391 g/mol. The quantitative estimate of drug-likeness (QED) is 0.410. The van der Waals surface area contributed by atoms with E-state index >= 15 is 0 Å². The molecule has 0 bridgehead atoms. The third-order valence-corrected chi connectivity index (χ3v) is 5.30. The van der Waals surface area contributed by atoms with Crippen LogP contribution in [-0.4, -0.2) is 29.8 Å². The molecule has 6 heteroatoms. The van der Waals surface area contributed by atoms with Gasteiger partial charge in [0, 0.05) is 29.9 Å². The SMILES string of the molecule is CCCCNc1cc2c(NCCCC)onc2c2c1C(=O)c1ccccc1C2=O. The Kier molecular flexibility index (Phi) is 5.34. The normalized spacial score (nSPS) is 12.8. The minimum absolute atomic E-state index is 0.153. The molecule has 6 nitrogen and oxygen atoms in total. The van der Waals surface area contributed by atoms with Gasteiger partial charge in [-0.2, -0.15) is 0 Å². The van der Waals surface area contributed by atoms with Crippen molar-refractivity contribution in [2.75, 3.05) is 23.7 Å². The van der Waals surface area contributed by atoms with E-state index in [1.807, 2.05) is 6.07 Å². The number of rotatable bonds is 8. The van der Waals surface area contributed by atoms with Gasteiger partial charge in [-0.25, -0.2) is 0 Å². The third kappa shape index (κ3) is 3.28. The molecule has 150 valence electrons. The number of unbranched alkanes of at least 4 members (excludes halogenated alkanes) is 2. The number of nitrogens with zero attached hydrogens (tertiary/aromatic N) is 1. The minimum Gasteiger partial charge on any atom is -0.384 e. The van der Waals surface area contributed by atoms with Crippen molar-refractivity contribution in [3.05, 3.63) is 52.6 Å². The van der Waals surface area contributed by atoms with Crippen LogP contribution in [0.4, 0.5) is 11.6 Å². The first-order valence-corrected chi connectivity index (χ1v) is 10.3. The summed E-state index contributed by atoms with van der Waals surface area (Å²) >= 11 is 0. The Bertz CT molecular complexity index is 1080. The zero-order chi connectivity index (χ0) is 20.4. The van der Waals surface area contributed by atoms with Gasteiger partial charge in [-0.3, -0.25) is 9.59 Å². The summed E-state index contributed by atoms with van der Waals surface area (Å²) in [6, 6.07) is 8.84.